The maximum Gasteiger partial charge on any atom is 0.407 e. The van der Waals surface area contributed by atoms with Crippen LogP contribution in [0.15, 0.2) is 36.7 Å². The highest BCUT2D eigenvalue weighted by Crippen LogP contribution is 2.30. The molecule has 1 atom stereocenters. The average Bonchev–Trinajstić information content (AvgIpc) is 3.38. The van der Waals surface area contributed by atoms with Crippen LogP contribution in [-0.2, 0) is 11.8 Å². The lowest BCUT2D eigenvalue weighted by Gasteiger charge is -2.25. The van der Waals surface area contributed by atoms with Crippen LogP contribution in [0.3, 0.4) is 0 Å². The molecule has 1 N–H and O–H groups in total. The lowest BCUT2D eigenvalue weighted by atomic mass is 9.95. The number of aryl methyl sites for hydroxylation is 1. The topological polar surface area (TPSA) is 93.8 Å². The molecule has 0 bridgehead atoms. The molecule has 0 aromatic carbocycles. The molecule has 29 heavy (non-hydrogen) atoms. The summed E-state index contributed by atoms with van der Waals surface area (Å²) in [5.74, 6) is 0.661. The number of carbonyl (C=O) groups excluding carboxylic acids is 2. The van der Waals surface area contributed by atoms with Crippen LogP contribution in [0.2, 0.25) is 0 Å². The first-order chi connectivity index (χ1) is 14.0. The van der Waals surface area contributed by atoms with Gasteiger partial charge in [0.05, 0.1) is 17.8 Å². The maximum atomic E-state index is 13.2. The zero-order valence-electron chi connectivity index (χ0n) is 16.2. The summed E-state index contributed by atoms with van der Waals surface area (Å²) in [6, 6.07) is 7.52. The Bertz CT molecular complexity index is 1100. The minimum absolute atomic E-state index is 0.0345. The Labute approximate surface area is 167 Å². The molecule has 5 heterocycles. The number of alkyl carbamates (subject to hydrolysis) is 1. The Morgan fingerprint density at radius 1 is 1.21 bits per heavy atom. The molecule has 3 aromatic heterocycles. The van der Waals surface area contributed by atoms with Gasteiger partial charge in [-0.3, -0.25) is 9.20 Å². The second kappa shape index (κ2) is 6.61. The Morgan fingerprint density at radius 3 is 2.86 bits per heavy atom. The Kier molecular flexibility index (Phi) is 4.04. The van der Waals surface area contributed by atoms with Gasteiger partial charge in [0.1, 0.15) is 5.60 Å². The summed E-state index contributed by atoms with van der Waals surface area (Å²) in [5, 5.41) is 11.3. The number of nitrogens with zero attached hydrogens (tertiary/aromatic N) is 5. The molecule has 150 valence electrons. The maximum absolute atomic E-state index is 13.2. The number of fused-ring (bicyclic) bond motifs is 1. The number of ether oxygens (including phenoxy) is 1. The van der Waals surface area contributed by atoms with Gasteiger partial charge in [0.25, 0.3) is 5.91 Å². The van der Waals surface area contributed by atoms with E-state index in [1.54, 1.807) is 12.3 Å². The lowest BCUT2D eigenvalue weighted by molar-refractivity contribution is 0.0438. The van der Waals surface area contributed by atoms with Crippen LogP contribution in [0.25, 0.3) is 17.2 Å². The minimum Gasteiger partial charge on any atom is -0.441 e. The van der Waals surface area contributed by atoms with E-state index in [1.165, 1.54) is 0 Å². The van der Waals surface area contributed by atoms with Crippen molar-refractivity contribution in [1.82, 2.24) is 29.4 Å². The summed E-state index contributed by atoms with van der Waals surface area (Å²) in [5.41, 5.74) is 1.72. The van der Waals surface area contributed by atoms with E-state index in [1.807, 2.05) is 45.3 Å². The van der Waals surface area contributed by atoms with Crippen molar-refractivity contribution in [1.29, 1.82) is 0 Å². The van der Waals surface area contributed by atoms with Gasteiger partial charge < -0.3 is 19.5 Å². The zero-order valence-corrected chi connectivity index (χ0v) is 16.2. The fraction of sp³-hybridized carbons (Fsp3) is 0.400. The molecule has 3 aromatic rings. The number of carbonyl (C=O) groups is 2. The molecule has 2 amide bonds. The number of aromatic nitrogens is 4. The largest absolute Gasteiger partial charge is 0.441 e. The highest BCUT2D eigenvalue weighted by molar-refractivity contribution is 5.94. The van der Waals surface area contributed by atoms with E-state index in [0.717, 1.165) is 18.5 Å². The van der Waals surface area contributed by atoms with E-state index >= 15 is 0 Å². The standard InChI is InChI=1S/C20H22N6O3/c1-24-9-2-4-15(24)17-23-22-16-6-5-14(12-26(16)17)18(27)25-10-3-7-20(8-11-25)13-21-19(28)29-20/h2,4-6,9,12H,3,7-8,10-11,13H2,1H3,(H,21,28). The second-order valence-electron chi connectivity index (χ2n) is 7.75. The monoisotopic (exact) mass is 394 g/mol. The quantitative estimate of drug-likeness (QED) is 0.716. The molecule has 1 spiro atoms. The SMILES string of the molecule is Cn1cccc1-c1nnc2ccc(C(=O)N3CCCC4(CC3)CNC(=O)O4)cn12. The van der Waals surface area contributed by atoms with Crippen molar-refractivity contribution >= 4 is 17.6 Å². The van der Waals surface area contributed by atoms with E-state index in [4.69, 9.17) is 4.74 Å². The molecule has 9 nitrogen and oxygen atoms in total. The van der Waals surface area contributed by atoms with Gasteiger partial charge in [0.2, 0.25) is 0 Å². The van der Waals surface area contributed by atoms with Gasteiger partial charge in [0, 0.05) is 39.0 Å². The van der Waals surface area contributed by atoms with Crippen molar-refractivity contribution in [3.63, 3.8) is 0 Å². The number of hydrogen-bond acceptors (Lipinski definition) is 5. The summed E-state index contributed by atoms with van der Waals surface area (Å²) < 4.78 is 9.33. The summed E-state index contributed by atoms with van der Waals surface area (Å²) in [7, 11) is 1.95. The van der Waals surface area contributed by atoms with Crippen LogP contribution in [0, 0.1) is 0 Å². The third kappa shape index (κ3) is 3.02. The first-order valence-electron chi connectivity index (χ1n) is 9.77. The fourth-order valence-corrected chi connectivity index (χ4v) is 4.22. The highest BCUT2D eigenvalue weighted by atomic mass is 16.6. The number of amides is 2. The number of likely N-dealkylation sites (tertiary alicyclic amines) is 1. The second-order valence-corrected chi connectivity index (χ2v) is 7.75. The molecule has 2 fully saturated rings. The van der Waals surface area contributed by atoms with Crippen molar-refractivity contribution in [3.05, 3.63) is 42.2 Å². The minimum atomic E-state index is -0.482. The molecular formula is C20H22N6O3. The van der Waals surface area contributed by atoms with E-state index in [9.17, 15) is 9.59 Å². The summed E-state index contributed by atoms with van der Waals surface area (Å²) in [4.78, 5) is 26.5. The third-order valence-electron chi connectivity index (χ3n) is 5.87. The Hall–Kier alpha value is -3.36. The Morgan fingerprint density at radius 2 is 2.10 bits per heavy atom. The molecule has 9 heteroatoms. The first kappa shape index (κ1) is 17.7. The zero-order chi connectivity index (χ0) is 20.0. The van der Waals surface area contributed by atoms with Crippen LogP contribution >= 0.6 is 0 Å². The van der Waals surface area contributed by atoms with E-state index in [0.29, 0.717) is 43.1 Å². The van der Waals surface area contributed by atoms with Crippen molar-refractivity contribution in [2.24, 2.45) is 7.05 Å². The molecule has 2 aliphatic rings. The molecule has 5 rings (SSSR count). The smallest absolute Gasteiger partial charge is 0.407 e. The molecule has 2 aliphatic heterocycles. The van der Waals surface area contributed by atoms with Crippen LogP contribution in [0.4, 0.5) is 4.79 Å². The third-order valence-corrected chi connectivity index (χ3v) is 5.87. The predicted octanol–water partition coefficient (Wildman–Crippen LogP) is 1.84. The summed E-state index contributed by atoms with van der Waals surface area (Å²) >= 11 is 0. The van der Waals surface area contributed by atoms with E-state index < -0.39 is 5.60 Å². The molecular weight excluding hydrogens is 372 g/mol. The fourth-order valence-electron chi connectivity index (χ4n) is 4.22. The van der Waals surface area contributed by atoms with Gasteiger partial charge in [-0.05, 0) is 37.1 Å². The van der Waals surface area contributed by atoms with Crippen LogP contribution < -0.4 is 5.32 Å². The summed E-state index contributed by atoms with van der Waals surface area (Å²) in [6.45, 7) is 1.71. The van der Waals surface area contributed by atoms with Crippen molar-refractivity contribution in [2.75, 3.05) is 19.6 Å². The van der Waals surface area contributed by atoms with Crippen molar-refractivity contribution < 1.29 is 14.3 Å². The number of pyridine rings is 1. The van der Waals surface area contributed by atoms with Gasteiger partial charge in [0.15, 0.2) is 11.5 Å². The molecule has 0 saturated carbocycles. The van der Waals surface area contributed by atoms with Crippen molar-refractivity contribution in [2.45, 2.75) is 24.9 Å². The number of nitrogens with one attached hydrogen (secondary N) is 1. The Balaban J connectivity index is 1.41. The van der Waals surface area contributed by atoms with Crippen LogP contribution in [0.5, 0.6) is 0 Å². The number of rotatable bonds is 2. The average molecular weight is 394 g/mol. The van der Waals surface area contributed by atoms with E-state index in [-0.39, 0.29) is 12.0 Å². The van der Waals surface area contributed by atoms with E-state index in [2.05, 4.69) is 15.5 Å². The predicted molar refractivity (Wildman–Crippen MR) is 104 cm³/mol. The van der Waals surface area contributed by atoms with Gasteiger partial charge in [-0.25, -0.2) is 4.79 Å². The van der Waals surface area contributed by atoms with Gasteiger partial charge in [-0.1, -0.05) is 0 Å². The first-order valence-corrected chi connectivity index (χ1v) is 9.77. The van der Waals surface area contributed by atoms with Gasteiger partial charge >= 0.3 is 6.09 Å². The molecule has 1 unspecified atom stereocenters. The lowest BCUT2D eigenvalue weighted by Crippen LogP contribution is -2.36. The van der Waals surface area contributed by atoms with Crippen LogP contribution in [-0.4, -0.2) is 61.3 Å². The van der Waals surface area contributed by atoms with Crippen LogP contribution in [0.1, 0.15) is 29.6 Å². The van der Waals surface area contributed by atoms with Crippen molar-refractivity contribution in [3.8, 4) is 11.5 Å². The summed E-state index contributed by atoms with van der Waals surface area (Å²) in [6.07, 6.45) is 5.58. The van der Waals surface area contributed by atoms with Gasteiger partial charge in [-0.2, -0.15) is 0 Å². The highest BCUT2D eigenvalue weighted by Gasteiger charge is 2.41. The van der Waals surface area contributed by atoms with Gasteiger partial charge in [-0.15, -0.1) is 10.2 Å². The number of hydrogen-bond donors (Lipinski definition) is 1. The molecule has 0 radical (unpaired) electrons. The molecule has 0 aliphatic carbocycles. The molecule has 2 saturated heterocycles. The normalized spacial score (nSPS) is 22.0.